The maximum atomic E-state index is 12.6. The molecule has 0 unspecified atom stereocenters. The van der Waals surface area contributed by atoms with E-state index in [0.717, 1.165) is 48.2 Å². The Bertz CT molecular complexity index is 713. The lowest BCUT2D eigenvalue weighted by Crippen LogP contribution is -2.48. The Kier molecular flexibility index (Phi) is 5.81. The van der Waals surface area contributed by atoms with E-state index in [1.54, 1.807) is 14.2 Å². The van der Waals surface area contributed by atoms with E-state index in [4.69, 9.17) is 9.47 Å². The molecule has 6 heteroatoms. The number of nitrogens with zero attached hydrogens (tertiary/aromatic N) is 1. The zero-order valence-corrected chi connectivity index (χ0v) is 15.0. The number of likely N-dealkylation sites (tertiary alicyclic amines) is 1. The van der Waals surface area contributed by atoms with Gasteiger partial charge in [-0.15, -0.1) is 0 Å². The van der Waals surface area contributed by atoms with Crippen molar-refractivity contribution in [1.82, 2.24) is 15.2 Å². The number of aromatic amines is 1. The third-order valence-corrected chi connectivity index (χ3v) is 4.86. The number of H-pyrrole nitrogens is 1. The van der Waals surface area contributed by atoms with Crippen LogP contribution in [0.2, 0.25) is 0 Å². The summed E-state index contributed by atoms with van der Waals surface area (Å²) in [5.41, 5.74) is 2.03. The van der Waals surface area contributed by atoms with Crippen LogP contribution in [0, 0.1) is 0 Å². The Morgan fingerprint density at radius 1 is 1.32 bits per heavy atom. The number of hydrogen-bond acceptors (Lipinski definition) is 3. The predicted molar refractivity (Wildman–Crippen MR) is 97.9 cm³/mol. The van der Waals surface area contributed by atoms with Crippen LogP contribution in [0.3, 0.4) is 0 Å². The van der Waals surface area contributed by atoms with Crippen LogP contribution < -0.4 is 10.1 Å². The predicted octanol–water partition coefficient (Wildman–Crippen LogP) is 3.28. The quantitative estimate of drug-likeness (QED) is 0.844. The number of nitrogens with one attached hydrogen (secondary N) is 2. The molecule has 0 aliphatic carbocycles. The number of hydrogen-bond donors (Lipinski definition) is 2. The van der Waals surface area contributed by atoms with Gasteiger partial charge in [-0.2, -0.15) is 0 Å². The van der Waals surface area contributed by atoms with Gasteiger partial charge in [0.15, 0.2) is 0 Å². The second-order valence-electron chi connectivity index (χ2n) is 6.53. The summed E-state index contributed by atoms with van der Waals surface area (Å²) >= 11 is 0. The van der Waals surface area contributed by atoms with Crippen LogP contribution in [0.15, 0.2) is 24.3 Å². The molecule has 1 aromatic heterocycles. The highest BCUT2D eigenvalue weighted by atomic mass is 16.5. The molecule has 0 bridgehead atoms. The number of ether oxygens (including phenoxy) is 2. The second kappa shape index (κ2) is 8.25. The summed E-state index contributed by atoms with van der Waals surface area (Å²) in [5, 5.41) is 4.13. The first-order valence-electron chi connectivity index (χ1n) is 8.90. The molecule has 1 fully saturated rings. The molecule has 2 amide bonds. The van der Waals surface area contributed by atoms with E-state index >= 15 is 0 Å². The van der Waals surface area contributed by atoms with Crippen LogP contribution in [0.4, 0.5) is 4.79 Å². The normalized spacial score (nSPS) is 17.7. The molecule has 2 N–H and O–H groups in total. The van der Waals surface area contributed by atoms with Crippen molar-refractivity contribution in [3.05, 3.63) is 30.0 Å². The first-order chi connectivity index (χ1) is 12.2. The third kappa shape index (κ3) is 4.25. The summed E-state index contributed by atoms with van der Waals surface area (Å²) in [7, 11) is 3.37. The van der Waals surface area contributed by atoms with E-state index in [9.17, 15) is 4.79 Å². The van der Waals surface area contributed by atoms with E-state index in [2.05, 4.69) is 16.4 Å². The van der Waals surface area contributed by atoms with Gasteiger partial charge < -0.3 is 24.7 Å². The Morgan fingerprint density at radius 2 is 2.20 bits per heavy atom. The molecule has 25 heavy (non-hydrogen) atoms. The molecule has 1 saturated heterocycles. The monoisotopic (exact) mass is 345 g/mol. The van der Waals surface area contributed by atoms with E-state index in [-0.39, 0.29) is 12.1 Å². The van der Waals surface area contributed by atoms with Crippen molar-refractivity contribution in [2.45, 2.75) is 38.3 Å². The van der Waals surface area contributed by atoms with Crippen LogP contribution in [-0.4, -0.2) is 49.3 Å². The van der Waals surface area contributed by atoms with Crippen LogP contribution in [0.1, 0.15) is 31.4 Å². The summed E-state index contributed by atoms with van der Waals surface area (Å²) in [6.07, 6.45) is 4.21. The molecule has 1 aromatic carbocycles. The number of fused-ring (bicyclic) bond motifs is 1. The lowest BCUT2D eigenvalue weighted by molar-refractivity contribution is 0.116. The first kappa shape index (κ1) is 17.6. The minimum absolute atomic E-state index is 0.0111. The van der Waals surface area contributed by atoms with Crippen LogP contribution >= 0.6 is 0 Å². The molecule has 1 aliphatic heterocycles. The molecule has 1 atom stereocenters. The standard InChI is InChI=1S/C19H27N3O3/c1-24-10-8-16-5-3-4-9-22(16)19(23)20-13-15-11-14-12-17(25-2)6-7-18(14)21-15/h6-7,11-12,16,21H,3-5,8-10,13H2,1-2H3,(H,20,23)/t16-/m0/s1. The molecule has 136 valence electrons. The van der Waals surface area contributed by atoms with Gasteiger partial charge in [0.05, 0.1) is 13.7 Å². The number of methoxy groups -OCH3 is 2. The zero-order valence-electron chi connectivity index (χ0n) is 15.0. The van der Waals surface area contributed by atoms with Gasteiger partial charge in [0.25, 0.3) is 0 Å². The molecule has 2 aromatic rings. The van der Waals surface area contributed by atoms with E-state index in [1.165, 1.54) is 6.42 Å². The maximum absolute atomic E-state index is 12.6. The summed E-state index contributed by atoms with van der Waals surface area (Å²) in [5.74, 6) is 0.830. The van der Waals surface area contributed by atoms with Crippen molar-refractivity contribution in [2.24, 2.45) is 0 Å². The Balaban J connectivity index is 1.60. The van der Waals surface area contributed by atoms with Crippen LogP contribution in [0.5, 0.6) is 5.75 Å². The average molecular weight is 345 g/mol. The fourth-order valence-electron chi connectivity index (χ4n) is 3.49. The Morgan fingerprint density at radius 3 is 3.00 bits per heavy atom. The highest BCUT2D eigenvalue weighted by Crippen LogP contribution is 2.22. The van der Waals surface area contributed by atoms with Gasteiger partial charge in [0.2, 0.25) is 0 Å². The number of benzene rings is 1. The van der Waals surface area contributed by atoms with Crippen molar-refractivity contribution in [1.29, 1.82) is 0 Å². The van der Waals surface area contributed by atoms with E-state index in [0.29, 0.717) is 13.2 Å². The lowest BCUT2D eigenvalue weighted by atomic mass is 10.00. The van der Waals surface area contributed by atoms with Crippen molar-refractivity contribution < 1.29 is 14.3 Å². The van der Waals surface area contributed by atoms with Crippen LogP contribution in [-0.2, 0) is 11.3 Å². The Hall–Kier alpha value is -2.21. The number of carbonyl (C=O) groups excluding carboxylic acids is 1. The van der Waals surface area contributed by atoms with Crippen molar-refractivity contribution in [3.8, 4) is 5.75 Å². The van der Waals surface area contributed by atoms with Crippen LogP contribution in [0.25, 0.3) is 10.9 Å². The van der Waals surface area contributed by atoms with Gasteiger partial charge in [-0.3, -0.25) is 0 Å². The number of amides is 2. The summed E-state index contributed by atoms with van der Waals surface area (Å²) in [6.45, 7) is 2.01. The van der Waals surface area contributed by atoms with Gasteiger partial charge in [-0.1, -0.05) is 0 Å². The minimum Gasteiger partial charge on any atom is -0.497 e. The van der Waals surface area contributed by atoms with Crippen molar-refractivity contribution in [3.63, 3.8) is 0 Å². The molecule has 2 heterocycles. The summed E-state index contributed by atoms with van der Waals surface area (Å²) < 4.78 is 10.4. The topological polar surface area (TPSA) is 66.6 Å². The summed E-state index contributed by atoms with van der Waals surface area (Å²) in [4.78, 5) is 17.9. The highest BCUT2D eigenvalue weighted by Gasteiger charge is 2.26. The number of piperidine rings is 1. The molecule has 0 spiro atoms. The third-order valence-electron chi connectivity index (χ3n) is 4.86. The number of rotatable bonds is 6. The molecule has 1 aliphatic rings. The maximum Gasteiger partial charge on any atom is 0.317 e. The van der Waals surface area contributed by atoms with Crippen molar-refractivity contribution in [2.75, 3.05) is 27.4 Å². The van der Waals surface area contributed by atoms with Gasteiger partial charge >= 0.3 is 6.03 Å². The van der Waals surface area contributed by atoms with Gasteiger partial charge in [0.1, 0.15) is 5.75 Å². The average Bonchev–Trinajstić information content (AvgIpc) is 3.06. The van der Waals surface area contributed by atoms with Gasteiger partial charge in [0, 0.05) is 42.9 Å². The van der Waals surface area contributed by atoms with E-state index in [1.807, 2.05) is 23.1 Å². The van der Waals surface area contributed by atoms with Crippen molar-refractivity contribution >= 4 is 16.9 Å². The Labute approximate surface area is 148 Å². The largest absolute Gasteiger partial charge is 0.497 e. The van der Waals surface area contributed by atoms with Gasteiger partial charge in [-0.25, -0.2) is 4.79 Å². The fraction of sp³-hybridized carbons (Fsp3) is 0.526. The number of urea groups is 1. The SMILES string of the molecule is COCC[C@@H]1CCCCN1C(=O)NCc1cc2cc(OC)ccc2[nH]1. The molecule has 3 rings (SSSR count). The molecular weight excluding hydrogens is 318 g/mol. The second-order valence-corrected chi connectivity index (χ2v) is 6.53. The molecule has 6 nitrogen and oxygen atoms in total. The number of aromatic nitrogens is 1. The lowest BCUT2D eigenvalue weighted by Gasteiger charge is -2.35. The fourth-order valence-corrected chi connectivity index (χ4v) is 3.49. The molecule has 0 radical (unpaired) electrons. The van der Waals surface area contributed by atoms with E-state index < -0.39 is 0 Å². The van der Waals surface area contributed by atoms with Gasteiger partial charge in [-0.05, 0) is 49.9 Å². The zero-order chi connectivity index (χ0) is 17.6. The minimum atomic E-state index is 0.0111. The molecular formula is C19H27N3O3. The molecule has 0 saturated carbocycles. The highest BCUT2D eigenvalue weighted by molar-refractivity contribution is 5.82. The first-order valence-corrected chi connectivity index (χ1v) is 8.90. The summed E-state index contributed by atoms with van der Waals surface area (Å²) in [6, 6.07) is 8.25. The smallest absolute Gasteiger partial charge is 0.317 e. The number of carbonyl (C=O) groups is 1.